The van der Waals surface area contributed by atoms with E-state index in [0.29, 0.717) is 19.3 Å². The van der Waals surface area contributed by atoms with E-state index in [1.165, 1.54) is 19.3 Å². The number of unbranched alkanes of at least 4 members (excludes halogenated alkanes) is 5. The van der Waals surface area contributed by atoms with Gasteiger partial charge >= 0.3 is 0 Å². The van der Waals surface area contributed by atoms with E-state index in [4.69, 9.17) is 0 Å². The van der Waals surface area contributed by atoms with Gasteiger partial charge in [-0.15, -0.1) is 0 Å². The lowest BCUT2D eigenvalue weighted by Gasteiger charge is -2.37. The van der Waals surface area contributed by atoms with Crippen LogP contribution in [0.2, 0.25) is 0 Å². The van der Waals surface area contributed by atoms with Crippen LogP contribution in [0.25, 0.3) is 0 Å². The first-order chi connectivity index (χ1) is 9.52. The Morgan fingerprint density at radius 1 is 0.700 bits per heavy atom. The zero-order chi connectivity index (χ0) is 15.4. The van der Waals surface area contributed by atoms with Gasteiger partial charge in [0.1, 0.15) is 5.60 Å². The van der Waals surface area contributed by atoms with Gasteiger partial charge in [0.15, 0.2) is 0 Å². The predicted octanol–water partition coefficient (Wildman–Crippen LogP) is 3.79. The summed E-state index contributed by atoms with van der Waals surface area (Å²) in [5, 5.41) is 31.2. The molecule has 3 N–H and O–H groups in total. The maximum absolute atomic E-state index is 10.7. The third-order valence-corrected chi connectivity index (χ3v) is 4.22. The van der Waals surface area contributed by atoms with Crippen molar-refractivity contribution in [3.8, 4) is 0 Å². The molecule has 0 heterocycles. The fraction of sp³-hybridized carbons (Fsp3) is 1.00. The van der Waals surface area contributed by atoms with Gasteiger partial charge in [-0.3, -0.25) is 0 Å². The highest BCUT2D eigenvalue weighted by molar-refractivity contribution is 4.92. The molecule has 3 unspecified atom stereocenters. The highest BCUT2D eigenvalue weighted by Gasteiger charge is 2.40. The Labute approximate surface area is 125 Å². The van der Waals surface area contributed by atoms with E-state index in [-0.39, 0.29) is 0 Å². The standard InChI is InChI=1S/C17H36O3/c1-4-7-9-10-11-13-16(19)17(20,14-6-3)15(18)12-8-5-2/h15-16,18-20H,4-14H2,1-3H3. The van der Waals surface area contributed by atoms with E-state index < -0.39 is 17.8 Å². The molecule has 0 saturated heterocycles. The second-order valence-corrected chi connectivity index (χ2v) is 6.12. The zero-order valence-electron chi connectivity index (χ0n) is 13.8. The first-order valence-corrected chi connectivity index (χ1v) is 8.61. The van der Waals surface area contributed by atoms with Crippen LogP contribution in [0.15, 0.2) is 0 Å². The maximum atomic E-state index is 10.7. The summed E-state index contributed by atoms with van der Waals surface area (Å²) in [6.45, 7) is 6.22. The van der Waals surface area contributed by atoms with Gasteiger partial charge in [-0.1, -0.05) is 72.1 Å². The van der Waals surface area contributed by atoms with Gasteiger partial charge in [-0.2, -0.15) is 0 Å². The zero-order valence-corrected chi connectivity index (χ0v) is 13.8. The number of hydrogen-bond donors (Lipinski definition) is 3. The predicted molar refractivity (Wildman–Crippen MR) is 84.8 cm³/mol. The molecular weight excluding hydrogens is 252 g/mol. The quantitative estimate of drug-likeness (QED) is 0.452. The third-order valence-electron chi connectivity index (χ3n) is 4.22. The smallest absolute Gasteiger partial charge is 0.116 e. The van der Waals surface area contributed by atoms with Crippen molar-refractivity contribution in [2.45, 2.75) is 109 Å². The molecule has 0 aromatic heterocycles. The Kier molecular flexibility index (Phi) is 11.5. The van der Waals surface area contributed by atoms with Crippen LogP contribution < -0.4 is 0 Å². The summed E-state index contributed by atoms with van der Waals surface area (Å²) in [7, 11) is 0. The van der Waals surface area contributed by atoms with Gasteiger partial charge in [0, 0.05) is 0 Å². The van der Waals surface area contributed by atoms with Crippen molar-refractivity contribution >= 4 is 0 Å². The Morgan fingerprint density at radius 3 is 1.70 bits per heavy atom. The molecule has 0 aliphatic carbocycles. The Bertz CT molecular complexity index is 220. The van der Waals surface area contributed by atoms with Crippen LogP contribution in [0.5, 0.6) is 0 Å². The molecule has 0 aromatic carbocycles. The minimum atomic E-state index is -1.32. The highest BCUT2D eigenvalue weighted by Crippen LogP contribution is 2.28. The van der Waals surface area contributed by atoms with E-state index in [0.717, 1.165) is 32.1 Å². The van der Waals surface area contributed by atoms with Gasteiger partial charge in [0.25, 0.3) is 0 Å². The molecule has 3 nitrogen and oxygen atoms in total. The SMILES string of the molecule is CCCCCCCC(O)C(O)(CCC)C(O)CCCC. The summed E-state index contributed by atoms with van der Waals surface area (Å²) in [6.07, 6.45) is 8.29. The molecule has 0 fully saturated rings. The molecule has 0 radical (unpaired) electrons. The summed E-state index contributed by atoms with van der Waals surface area (Å²) >= 11 is 0. The molecule has 3 heteroatoms. The average molecular weight is 288 g/mol. The second kappa shape index (κ2) is 11.5. The van der Waals surface area contributed by atoms with Gasteiger partial charge in [-0.05, 0) is 19.3 Å². The van der Waals surface area contributed by atoms with Gasteiger partial charge < -0.3 is 15.3 Å². The molecule has 0 rings (SSSR count). The van der Waals surface area contributed by atoms with Gasteiger partial charge in [0.2, 0.25) is 0 Å². The van der Waals surface area contributed by atoms with Crippen LogP contribution in [-0.2, 0) is 0 Å². The fourth-order valence-electron chi connectivity index (χ4n) is 2.79. The number of aliphatic hydroxyl groups is 3. The van der Waals surface area contributed by atoms with Gasteiger partial charge in [-0.25, -0.2) is 0 Å². The third kappa shape index (κ3) is 7.05. The molecular formula is C17H36O3. The van der Waals surface area contributed by atoms with E-state index in [1.54, 1.807) is 0 Å². The molecule has 0 amide bonds. The van der Waals surface area contributed by atoms with Crippen LogP contribution in [0, 0.1) is 0 Å². The topological polar surface area (TPSA) is 60.7 Å². The largest absolute Gasteiger partial charge is 0.390 e. The molecule has 3 atom stereocenters. The summed E-state index contributed by atoms with van der Waals surface area (Å²) < 4.78 is 0. The molecule has 0 aliphatic rings. The molecule has 20 heavy (non-hydrogen) atoms. The first kappa shape index (κ1) is 19.9. The van der Waals surface area contributed by atoms with Crippen LogP contribution in [0.1, 0.15) is 91.4 Å². The van der Waals surface area contributed by atoms with Crippen LogP contribution >= 0.6 is 0 Å². The molecule has 0 aliphatic heterocycles. The normalized spacial score (nSPS) is 17.7. The summed E-state index contributed by atoms with van der Waals surface area (Å²) in [6, 6.07) is 0. The van der Waals surface area contributed by atoms with Crippen molar-refractivity contribution in [2.75, 3.05) is 0 Å². The number of rotatable bonds is 13. The molecule has 0 aromatic rings. The van der Waals surface area contributed by atoms with E-state index in [1.807, 2.05) is 6.92 Å². The Hall–Kier alpha value is -0.120. The van der Waals surface area contributed by atoms with Gasteiger partial charge in [0.05, 0.1) is 12.2 Å². The fourth-order valence-corrected chi connectivity index (χ4v) is 2.79. The second-order valence-electron chi connectivity index (χ2n) is 6.12. The first-order valence-electron chi connectivity index (χ1n) is 8.61. The number of hydrogen-bond acceptors (Lipinski definition) is 3. The molecule has 0 spiro atoms. The van der Waals surface area contributed by atoms with Crippen molar-refractivity contribution in [2.24, 2.45) is 0 Å². The lowest BCUT2D eigenvalue weighted by molar-refractivity contribution is -0.155. The molecule has 0 saturated carbocycles. The minimum Gasteiger partial charge on any atom is -0.390 e. The lowest BCUT2D eigenvalue weighted by Crippen LogP contribution is -2.52. The summed E-state index contributed by atoms with van der Waals surface area (Å²) in [5.74, 6) is 0. The maximum Gasteiger partial charge on any atom is 0.116 e. The van der Waals surface area contributed by atoms with Crippen LogP contribution in [0.4, 0.5) is 0 Å². The molecule has 122 valence electrons. The van der Waals surface area contributed by atoms with E-state index >= 15 is 0 Å². The van der Waals surface area contributed by atoms with Crippen molar-refractivity contribution < 1.29 is 15.3 Å². The Morgan fingerprint density at radius 2 is 1.20 bits per heavy atom. The van der Waals surface area contributed by atoms with Crippen molar-refractivity contribution in [1.82, 2.24) is 0 Å². The van der Waals surface area contributed by atoms with Crippen molar-refractivity contribution in [1.29, 1.82) is 0 Å². The van der Waals surface area contributed by atoms with Crippen molar-refractivity contribution in [3.05, 3.63) is 0 Å². The van der Waals surface area contributed by atoms with Crippen molar-refractivity contribution in [3.63, 3.8) is 0 Å². The Balaban J connectivity index is 4.31. The summed E-state index contributed by atoms with van der Waals surface area (Å²) in [4.78, 5) is 0. The number of aliphatic hydroxyl groups excluding tert-OH is 2. The monoisotopic (exact) mass is 288 g/mol. The van der Waals surface area contributed by atoms with Crippen LogP contribution in [-0.4, -0.2) is 33.1 Å². The van der Waals surface area contributed by atoms with E-state index in [9.17, 15) is 15.3 Å². The highest BCUT2D eigenvalue weighted by atomic mass is 16.4. The molecule has 0 bridgehead atoms. The van der Waals surface area contributed by atoms with E-state index in [2.05, 4.69) is 13.8 Å². The lowest BCUT2D eigenvalue weighted by atomic mass is 9.81. The van der Waals surface area contributed by atoms with Crippen LogP contribution in [0.3, 0.4) is 0 Å². The minimum absolute atomic E-state index is 0.466. The summed E-state index contributed by atoms with van der Waals surface area (Å²) in [5.41, 5.74) is -1.32. The average Bonchev–Trinajstić information content (AvgIpc) is 2.44.